The number of aliphatic carboxylic acids is 1. The van der Waals surface area contributed by atoms with Crippen molar-refractivity contribution in [2.75, 3.05) is 40.0 Å². The van der Waals surface area contributed by atoms with Crippen LogP contribution in [-0.4, -0.2) is 94.4 Å². The third kappa shape index (κ3) is 11.0. The highest BCUT2D eigenvalue weighted by Crippen LogP contribution is 2.47. The van der Waals surface area contributed by atoms with Crippen molar-refractivity contribution in [2.45, 2.75) is 50.8 Å². The van der Waals surface area contributed by atoms with E-state index < -0.39 is 45.9 Å². The van der Waals surface area contributed by atoms with Gasteiger partial charge in [0.2, 0.25) is 0 Å². The Labute approximate surface area is 413 Å². The van der Waals surface area contributed by atoms with Crippen LogP contribution in [0.15, 0.2) is 192 Å². The monoisotopic (exact) mass is 958 g/mol. The van der Waals surface area contributed by atoms with Gasteiger partial charge in [-0.15, -0.1) is 0 Å². The molecule has 6 aromatic carbocycles. The first-order valence-corrected chi connectivity index (χ1v) is 23.3. The van der Waals surface area contributed by atoms with E-state index in [1.54, 1.807) is 68.3 Å². The summed E-state index contributed by atoms with van der Waals surface area (Å²) >= 11 is 0. The molecule has 0 saturated carbocycles. The zero-order valence-corrected chi connectivity index (χ0v) is 40.4. The van der Waals surface area contributed by atoms with Gasteiger partial charge >= 0.3 is 11.9 Å². The van der Waals surface area contributed by atoms with Crippen molar-refractivity contribution in [1.29, 1.82) is 0 Å². The highest BCUT2D eigenvalue weighted by atomic mass is 16.6. The quantitative estimate of drug-likeness (QED) is 0.0270. The van der Waals surface area contributed by atoms with Gasteiger partial charge in [-0.05, 0) is 74.2 Å². The molecule has 6 aromatic rings. The fourth-order valence-electron chi connectivity index (χ4n) is 9.64. The smallest absolute Gasteiger partial charge is 0.336 e. The largest absolute Gasteiger partial charge is 0.493 e. The summed E-state index contributed by atoms with van der Waals surface area (Å²) in [6, 6.07) is 51.2. The van der Waals surface area contributed by atoms with E-state index in [9.17, 15) is 29.9 Å². The number of rotatable bonds is 21. The van der Waals surface area contributed by atoms with Crippen LogP contribution >= 0.6 is 0 Å². The number of β-amino-alcohol motifs (C(OH)–C–C–N with tert-alkyl or cyclic N) is 1. The van der Waals surface area contributed by atoms with Gasteiger partial charge in [-0.25, -0.2) is 9.59 Å². The Kier molecular flexibility index (Phi) is 16.1. The second-order valence-electron chi connectivity index (χ2n) is 17.7. The molecule has 1 aliphatic heterocycles. The number of ether oxygens (including phenoxy) is 3. The number of nitro groups is 1. The lowest BCUT2D eigenvalue weighted by atomic mass is 9.73. The summed E-state index contributed by atoms with van der Waals surface area (Å²) in [6.45, 7) is 6.61. The molecule has 1 aliphatic rings. The molecular weight excluding hydrogens is 901 g/mol. The summed E-state index contributed by atoms with van der Waals surface area (Å²) in [7, 11) is 1.55. The highest BCUT2D eigenvalue weighted by Gasteiger charge is 2.50. The molecular formula is C57H58N4O10. The number of benzene rings is 6. The van der Waals surface area contributed by atoms with Crippen LogP contribution in [0.4, 0.5) is 5.69 Å². The van der Waals surface area contributed by atoms with Gasteiger partial charge < -0.3 is 34.6 Å². The number of para-hydroxylation sites is 2. The number of dihydropyridines is 1. The number of carbonyl (C=O) groups is 3. The number of carboxylic acid groups (broad SMARTS) is 1. The maximum atomic E-state index is 15.3. The summed E-state index contributed by atoms with van der Waals surface area (Å²) in [5.74, 6) is -3.02. The summed E-state index contributed by atoms with van der Waals surface area (Å²) in [4.78, 5) is 58.1. The number of aliphatic hydroxyl groups excluding tert-OH is 1. The predicted octanol–water partition coefficient (Wildman–Crippen LogP) is 9.12. The van der Waals surface area contributed by atoms with Crippen molar-refractivity contribution in [3.63, 3.8) is 0 Å². The zero-order chi connectivity index (χ0) is 50.7. The number of non-ortho nitro benzene ring substituents is 1. The lowest BCUT2D eigenvalue weighted by Crippen LogP contribution is -2.64. The molecule has 3 N–H and O–H groups in total. The van der Waals surface area contributed by atoms with E-state index in [-0.39, 0.29) is 66.6 Å². The first kappa shape index (κ1) is 50.8. The van der Waals surface area contributed by atoms with E-state index in [4.69, 9.17) is 14.2 Å². The summed E-state index contributed by atoms with van der Waals surface area (Å²) in [5.41, 5.74) is 0.543. The highest BCUT2D eigenvalue weighted by molar-refractivity contribution is 6.00. The molecule has 1 amide bonds. The van der Waals surface area contributed by atoms with E-state index in [1.807, 2.05) is 117 Å². The number of hydrogen-bond acceptors (Lipinski definition) is 11. The van der Waals surface area contributed by atoms with Gasteiger partial charge in [-0.2, -0.15) is 0 Å². The second kappa shape index (κ2) is 22.6. The minimum atomic E-state index is -1.35. The zero-order valence-electron chi connectivity index (χ0n) is 40.4. The van der Waals surface area contributed by atoms with Crippen LogP contribution in [0.5, 0.6) is 11.5 Å². The molecule has 366 valence electrons. The molecule has 0 aromatic heterocycles. The number of nitrogens with zero attached hydrogens (tertiary/aromatic N) is 3. The van der Waals surface area contributed by atoms with Crippen molar-refractivity contribution in [1.82, 2.24) is 15.1 Å². The van der Waals surface area contributed by atoms with Gasteiger partial charge in [0.15, 0.2) is 11.5 Å². The van der Waals surface area contributed by atoms with Crippen molar-refractivity contribution in [3.8, 4) is 11.5 Å². The molecule has 2 unspecified atom stereocenters. The number of allylic oxidation sites excluding steroid dienone is 1. The van der Waals surface area contributed by atoms with E-state index in [2.05, 4.69) is 10.2 Å². The number of amides is 1. The van der Waals surface area contributed by atoms with Crippen molar-refractivity contribution in [3.05, 3.63) is 230 Å². The van der Waals surface area contributed by atoms with E-state index >= 15 is 4.79 Å². The lowest BCUT2D eigenvalue weighted by molar-refractivity contribution is -0.384. The van der Waals surface area contributed by atoms with Gasteiger partial charge in [0.05, 0.1) is 47.8 Å². The SMILES string of the molecule is CCOC(=O)C1=C(CN(CC(C)(C)N(CC(O)COc2ccccc2OC)C(c2ccccc2)(c2ccccc2)c2ccccc2)C(=O)c2ccccc2)NC(C)=C(C(=O)O)C1c1cccc([N+](=O)[O-])c1. The van der Waals surface area contributed by atoms with Crippen LogP contribution in [-0.2, 0) is 19.9 Å². The molecule has 0 bridgehead atoms. The number of carbonyl (C=O) groups excluding carboxylic acids is 2. The molecule has 0 aliphatic carbocycles. The van der Waals surface area contributed by atoms with Crippen LogP contribution in [0.2, 0.25) is 0 Å². The predicted molar refractivity (Wildman–Crippen MR) is 270 cm³/mol. The van der Waals surface area contributed by atoms with Crippen molar-refractivity contribution >= 4 is 23.5 Å². The molecule has 0 saturated heterocycles. The van der Waals surface area contributed by atoms with Crippen LogP contribution < -0.4 is 14.8 Å². The molecule has 71 heavy (non-hydrogen) atoms. The van der Waals surface area contributed by atoms with Crippen LogP contribution in [0, 0.1) is 10.1 Å². The summed E-state index contributed by atoms with van der Waals surface area (Å²) < 4.78 is 17.5. The Morgan fingerprint density at radius 3 is 1.82 bits per heavy atom. The molecule has 1 heterocycles. The van der Waals surface area contributed by atoms with E-state index in [0.29, 0.717) is 17.1 Å². The Bertz CT molecular complexity index is 2790. The maximum absolute atomic E-state index is 15.3. The molecule has 0 fully saturated rings. The summed E-state index contributed by atoms with van der Waals surface area (Å²) in [5, 5.41) is 38.3. The Morgan fingerprint density at radius 1 is 0.761 bits per heavy atom. The average Bonchev–Trinajstić information content (AvgIpc) is 3.38. The number of nitro benzene ring substituents is 1. The number of nitrogens with one attached hydrogen (secondary N) is 1. The molecule has 0 radical (unpaired) electrons. The lowest BCUT2D eigenvalue weighted by Gasteiger charge is -2.54. The average molecular weight is 959 g/mol. The Hall–Kier alpha value is -8.07. The minimum absolute atomic E-state index is 0.0120. The Morgan fingerprint density at radius 2 is 1.30 bits per heavy atom. The molecule has 0 spiro atoms. The Balaban J connectivity index is 1.44. The fraction of sp³-hybridized carbons (Fsp3) is 0.246. The van der Waals surface area contributed by atoms with Gasteiger partial charge in [0.25, 0.3) is 11.6 Å². The van der Waals surface area contributed by atoms with E-state index in [1.165, 1.54) is 24.3 Å². The standard InChI is InChI=1S/C57H58N4O10/c1-6-70-55(66)52-47(58-39(2)50(54(64)65)51(52)41-24-21-31-45(34-41)61(67)68)36-59(53(63)40-22-11-7-12-23-40)38-56(3,4)60(35-46(62)37-71-49-33-20-19-32-48(49)69-5)57(42-25-13-8-14-26-42,43-27-15-9-16-28-43)44-29-17-10-18-30-44/h7-34,46,51,58,62H,6,35-38H2,1-5H3,(H,64,65). The molecule has 14 heteroatoms. The van der Waals surface area contributed by atoms with Crippen molar-refractivity contribution in [2.24, 2.45) is 0 Å². The maximum Gasteiger partial charge on any atom is 0.336 e. The molecule has 14 nitrogen and oxygen atoms in total. The number of methoxy groups -OCH3 is 1. The number of esters is 1. The third-order valence-electron chi connectivity index (χ3n) is 12.6. The first-order valence-electron chi connectivity index (χ1n) is 23.3. The first-order chi connectivity index (χ1) is 34.2. The van der Waals surface area contributed by atoms with Crippen LogP contribution in [0.25, 0.3) is 0 Å². The van der Waals surface area contributed by atoms with Gasteiger partial charge in [-0.3, -0.25) is 19.8 Å². The number of carboxylic acids is 1. The topological polar surface area (TPSA) is 181 Å². The second-order valence-corrected chi connectivity index (χ2v) is 17.7. The number of hydrogen-bond donors (Lipinski definition) is 3. The molecule has 2 atom stereocenters. The van der Waals surface area contributed by atoms with Crippen LogP contribution in [0.3, 0.4) is 0 Å². The van der Waals surface area contributed by atoms with E-state index in [0.717, 1.165) is 16.7 Å². The van der Waals surface area contributed by atoms with Gasteiger partial charge in [-0.1, -0.05) is 133 Å². The van der Waals surface area contributed by atoms with Gasteiger partial charge in [0, 0.05) is 47.7 Å². The molecule has 7 rings (SSSR count). The number of aliphatic hydroxyl groups is 1. The fourth-order valence-corrected chi connectivity index (χ4v) is 9.64. The third-order valence-corrected chi connectivity index (χ3v) is 12.6. The normalized spacial score (nSPS) is 14.3. The van der Waals surface area contributed by atoms with Crippen molar-refractivity contribution < 1.29 is 43.7 Å². The van der Waals surface area contributed by atoms with Gasteiger partial charge in [0.1, 0.15) is 12.7 Å². The minimum Gasteiger partial charge on any atom is -0.493 e. The van der Waals surface area contributed by atoms with Crippen LogP contribution in [0.1, 0.15) is 66.2 Å². The summed E-state index contributed by atoms with van der Waals surface area (Å²) in [6.07, 6.45) is -1.14.